The molecule has 1 amide bonds. The van der Waals surface area contributed by atoms with Crippen LogP contribution in [0.5, 0.6) is 5.75 Å². The summed E-state index contributed by atoms with van der Waals surface area (Å²) in [6.07, 6.45) is -3.17. The van der Waals surface area contributed by atoms with Crippen LogP contribution in [0.3, 0.4) is 0 Å². The fraction of sp³-hybridized carbons (Fsp3) is 0.417. The fourth-order valence-corrected chi connectivity index (χ4v) is 2.72. The molecule has 1 aromatic carbocycles. The number of rotatable bonds is 5. The number of para-hydroxylation sites is 2. The number of alkyl halides is 2. The Morgan fingerprint density at radius 3 is 2.57 bits per heavy atom. The van der Waals surface area contributed by atoms with Gasteiger partial charge in [-0.3, -0.25) is 4.79 Å². The van der Waals surface area contributed by atoms with E-state index < -0.39 is 40.8 Å². The third-order valence-electron chi connectivity index (χ3n) is 3.01. The van der Waals surface area contributed by atoms with E-state index >= 15 is 0 Å². The summed E-state index contributed by atoms with van der Waals surface area (Å²) in [7, 11) is -4.84. The van der Waals surface area contributed by atoms with E-state index in [1.165, 1.54) is 24.3 Å². The Hall–Kier alpha value is -1.77. The van der Waals surface area contributed by atoms with Crippen LogP contribution in [-0.2, 0) is 15.0 Å². The van der Waals surface area contributed by atoms with Crippen molar-refractivity contribution in [2.24, 2.45) is 0 Å². The topological polar surface area (TPSA) is 63.7 Å². The van der Waals surface area contributed by atoms with Gasteiger partial charge >= 0.3 is 10.2 Å². The first-order chi connectivity index (χ1) is 9.79. The lowest BCUT2D eigenvalue weighted by Crippen LogP contribution is -2.27. The van der Waals surface area contributed by atoms with Crippen LogP contribution in [0.4, 0.5) is 18.4 Å². The minimum absolute atomic E-state index is 0.0167. The number of ether oxygens (including phenoxy) is 1. The average Bonchev–Trinajstić information content (AvgIpc) is 2.78. The van der Waals surface area contributed by atoms with Crippen molar-refractivity contribution in [3.8, 4) is 5.75 Å². The van der Waals surface area contributed by atoms with Gasteiger partial charge in [0.2, 0.25) is 5.91 Å². The number of nitrogens with zero attached hydrogens (tertiary/aromatic N) is 1. The lowest BCUT2D eigenvalue weighted by molar-refractivity contribution is -0.117. The van der Waals surface area contributed by atoms with E-state index in [1.807, 2.05) is 0 Å². The molecule has 1 heterocycles. The Labute approximate surface area is 119 Å². The van der Waals surface area contributed by atoms with Crippen molar-refractivity contribution >= 4 is 21.8 Å². The highest BCUT2D eigenvalue weighted by atomic mass is 32.3. The van der Waals surface area contributed by atoms with Crippen molar-refractivity contribution in [1.82, 2.24) is 0 Å². The Kier molecular flexibility index (Phi) is 4.40. The standard InChI is InChI=1S/C12H12F3NO4S/c13-11(14)7-20-10-4-2-1-3-9(10)16-6-8(5-12(16)17)21(15,18)19/h1-4,8,11H,5-7H2. The number of anilines is 1. The van der Waals surface area contributed by atoms with Crippen molar-refractivity contribution in [2.45, 2.75) is 18.1 Å². The summed E-state index contributed by atoms with van der Waals surface area (Å²) in [5.74, 6) is -0.586. The van der Waals surface area contributed by atoms with Gasteiger partial charge in [-0.1, -0.05) is 12.1 Å². The predicted octanol–water partition coefficient (Wildman–Crippen LogP) is 1.74. The van der Waals surface area contributed by atoms with Gasteiger partial charge in [0.05, 0.1) is 5.69 Å². The molecule has 0 bridgehead atoms. The zero-order valence-electron chi connectivity index (χ0n) is 10.7. The molecule has 0 aliphatic carbocycles. The van der Waals surface area contributed by atoms with Crippen LogP contribution in [0.2, 0.25) is 0 Å². The van der Waals surface area contributed by atoms with Gasteiger partial charge < -0.3 is 9.64 Å². The summed E-state index contributed by atoms with van der Waals surface area (Å²) in [6, 6.07) is 5.86. The largest absolute Gasteiger partial charge is 0.485 e. The molecule has 1 aliphatic rings. The van der Waals surface area contributed by atoms with Gasteiger partial charge in [-0.15, -0.1) is 3.89 Å². The Morgan fingerprint density at radius 2 is 2.00 bits per heavy atom. The van der Waals surface area contributed by atoms with Gasteiger partial charge in [0.1, 0.15) is 17.6 Å². The van der Waals surface area contributed by atoms with Gasteiger partial charge in [-0.05, 0) is 12.1 Å². The number of hydrogen-bond donors (Lipinski definition) is 0. The summed E-state index contributed by atoms with van der Waals surface area (Å²) < 4.78 is 64.0. The van der Waals surface area contributed by atoms with E-state index in [0.717, 1.165) is 4.90 Å². The highest BCUT2D eigenvalue weighted by molar-refractivity contribution is 7.87. The molecule has 1 unspecified atom stereocenters. The van der Waals surface area contributed by atoms with Gasteiger partial charge in [-0.2, -0.15) is 8.42 Å². The molecule has 1 saturated heterocycles. The zero-order valence-corrected chi connectivity index (χ0v) is 11.5. The number of carbonyl (C=O) groups is 1. The summed E-state index contributed by atoms with van der Waals surface area (Å²) in [5.41, 5.74) is 0.148. The highest BCUT2D eigenvalue weighted by Gasteiger charge is 2.39. The maximum Gasteiger partial charge on any atom is 0.307 e. The van der Waals surface area contributed by atoms with Gasteiger partial charge in [-0.25, -0.2) is 8.78 Å². The smallest absolute Gasteiger partial charge is 0.307 e. The zero-order chi connectivity index (χ0) is 15.6. The van der Waals surface area contributed by atoms with Gasteiger partial charge in [0, 0.05) is 13.0 Å². The molecule has 0 radical (unpaired) electrons. The second-order valence-corrected chi connectivity index (χ2v) is 6.09. The maximum absolute atomic E-state index is 13.0. The minimum Gasteiger partial charge on any atom is -0.485 e. The molecular weight excluding hydrogens is 311 g/mol. The number of hydrogen-bond acceptors (Lipinski definition) is 4. The van der Waals surface area contributed by atoms with E-state index in [0.29, 0.717) is 0 Å². The van der Waals surface area contributed by atoms with E-state index in [-0.39, 0.29) is 18.0 Å². The molecular formula is C12H12F3NO4S. The van der Waals surface area contributed by atoms with Gasteiger partial charge in [0.15, 0.2) is 0 Å². The van der Waals surface area contributed by atoms with Crippen LogP contribution in [0.15, 0.2) is 24.3 Å². The van der Waals surface area contributed by atoms with Crippen LogP contribution >= 0.6 is 0 Å². The van der Waals surface area contributed by atoms with E-state index in [9.17, 15) is 25.9 Å². The Morgan fingerprint density at radius 1 is 1.33 bits per heavy atom. The second-order valence-electron chi connectivity index (χ2n) is 4.48. The summed E-state index contributed by atoms with van der Waals surface area (Å²) in [4.78, 5) is 12.8. The van der Waals surface area contributed by atoms with Crippen LogP contribution in [0.1, 0.15) is 6.42 Å². The summed E-state index contributed by atoms with van der Waals surface area (Å²) >= 11 is 0. The van der Waals surface area contributed by atoms with E-state index in [1.54, 1.807) is 0 Å². The monoisotopic (exact) mass is 323 g/mol. The molecule has 0 N–H and O–H groups in total. The molecule has 0 saturated carbocycles. The number of amides is 1. The predicted molar refractivity (Wildman–Crippen MR) is 68.7 cm³/mol. The number of halogens is 3. The lowest BCUT2D eigenvalue weighted by atomic mass is 10.2. The normalized spacial score (nSPS) is 19.3. The first-order valence-corrected chi connectivity index (χ1v) is 7.47. The SMILES string of the molecule is O=C1CC(S(=O)(=O)F)CN1c1ccccc1OCC(F)F. The molecule has 21 heavy (non-hydrogen) atoms. The second kappa shape index (κ2) is 5.92. The first-order valence-electron chi connectivity index (χ1n) is 6.03. The third kappa shape index (κ3) is 3.66. The first kappa shape index (κ1) is 15.6. The summed E-state index contributed by atoms with van der Waals surface area (Å²) in [6.45, 7) is -1.23. The molecule has 5 nitrogen and oxygen atoms in total. The van der Waals surface area contributed by atoms with Crippen LogP contribution in [-0.4, -0.2) is 39.2 Å². The average molecular weight is 323 g/mol. The molecule has 1 aliphatic heterocycles. The molecule has 1 aromatic rings. The van der Waals surface area contributed by atoms with Crippen LogP contribution in [0, 0.1) is 0 Å². The molecule has 0 spiro atoms. The maximum atomic E-state index is 13.0. The Bertz CT molecular complexity index is 635. The van der Waals surface area contributed by atoms with Crippen LogP contribution < -0.4 is 9.64 Å². The van der Waals surface area contributed by atoms with Crippen molar-refractivity contribution in [3.63, 3.8) is 0 Å². The van der Waals surface area contributed by atoms with Crippen molar-refractivity contribution in [1.29, 1.82) is 0 Å². The van der Waals surface area contributed by atoms with E-state index in [2.05, 4.69) is 0 Å². The molecule has 9 heteroatoms. The van der Waals surface area contributed by atoms with E-state index in [4.69, 9.17) is 4.74 Å². The summed E-state index contributed by atoms with van der Waals surface area (Å²) in [5, 5.41) is -1.45. The minimum atomic E-state index is -4.84. The van der Waals surface area contributed by atoms with Crippen LogP contribution in [0.25, 0.3) is 0 Å². The quantitative estimate of drug-likeness (QED) is 0.774. The molecule has 2 rings (SSSR count). The third-order valence-corrected chi connectivity index (χ3v) is 4.12. The number of carbonyl (C=O) groups excluding carboxylic acids is 1. The molecule has 1 fully saturated rings. The number of benzene rings is 1. The van der Waals surface area contributed by atoms with Crippen molar-refractivity contribution in [3.05, 3.63) is 24.3 Å². The van der Waals surface area contributed by atoms with Crippen molar-refractivity contribution in [2.75, 3.05) is 18.1 Å². The highest BCUT2D eigenvalue weighted by Crippen LogP contribution is 2.33. The molecule has 1 atom stereocenters. The van der Waals surface area contributed by atoms with Gasteiger partial charge in [0.25, 0.3) is 6.43 Å². The lowest BCUT2D eigenvalue weighted by Gasteiger charge is -2.19. The molecule has 0 aromatic heterocycles. The fourth-order valence-electron chi connectivity index (χ4n) is 2.05. The molecule has 116 valence electrons. The Balaban J connectivity index is 2.24. The van der Waals surface area contributed by atoms with Crippen molar-refractivity contribution < 1.29 is 30.6 Å².